The Morgan fingerprint density at radius 1 is 0.587 bits per heavy atom. The van der Waals surface area contributed by atoms with Crippen molar-refractivity contribution in [3.8, 4) is 17.1 Å². The Hall–Kier alpha value is -6.20. The van der Waals surface area contributed by atoms with E-state index in [1.165, 1.54) is 5.56 Å². The quantitative estimate of drug-likeness (QED) is 0.216. The molecule has 218 valence electrons. The first-order valence-electron chi connectivity index (χ1n) is 15.5. The van der Waals surface area contributed by atoms with E-state index in [1.54, 1.807) is 0 Å². The molecular formula is C41H28N4O. The summed E-state index contributed by atoms with van der Waals surface area (Å²) in [5.74, 6) is 1.48. The van der Waals surface area contributed by atoms with Crippen LogP contribution in [0.5, 0.6) is 0 Å². The van der Waals surface area contributed by atoms with Crippen molar-refractivity contribution in [3.05, 3.63) is 174 Å². The van der Waals surface area contributed by atoms with Gasteiger partial charge in [-0.15, -0.1) is 0 Å². The smallest absolute Gasteiger partial charge is 0.227 e. The van der Waals surface area contributed by atoms with Gasteiger partial charge in [-0.2, -0.15) is 0 Å². The number of amidine groups is 1. The van der Waals surface area contributed by atoms with Crippen LogP contribution in [0.25, 0.3) is 55.7 Å². The lowest BCUT2D eigenvalue weighted by atomic mass is 10.0. The summed E-state index contributed by atoms with van der Waals surface area (Å²) in [7, 11) is 0. The van der Waals surface area contributed by atoms with Crippen LogP contribution in [0.15, 0.2) is 167 Å². The molecule has 8 aromatic rings. The lowest BCUT2D eigenvalue weighted by Crippen LogP contribution is -2.31. The molecule has 0 radical (unpaired) electrons. The van der Waals surface area contributed by atoms with E-state index < -0.39 is 0 Å². The molecular weight excluding hydrogens is 564 g/mol. The van der Waals surface area contributed by atoms with Gasteiger partial charge in [-0.3, -0.25) is 0 Å². The normalized spacial score (nSPS) is 14.7. The van der Waals surface area contributed by atoms with Crippen LogP contribution in [0.4, 0.5) is 0 Å². The van der Waals surface area contributed by atoms with Crippen LogP contribution in [-0.4, -0.2) is 15.4 Å². The molecule has 1 aliphatic rings. The van der Waals surface area contributed by atoms with Gasteiger partial charge in [-0.05, 0) is 71.8 Å². The molecule has 6 aromatic carbocycles. The molecule has 3 heterocycles. The molecule has 2 aromatic heterocycles. The molecule has 5 nitrogen and oxygen atoms in total. The summed E-state index contributed by atoms with van der Waals surface area (Å²) in [6, 6.07) is 52.3. The Kier molecular flexibility index (Phi) is 6.13. The zero-order valence-electron chi connectivity index (χ0n) is 24.8. The van der Waals surface area contributed by atoms with Gasteiger partial charge in [-0.25, -0.2) is 9.98 Å². The van der Waals surface area contributed by atoms with Gasteiger partial charge in [0, 0.05) is 22.2 Å². The summed E-state index contributed by atoms with van der Waals surface area (Å²) < 4.78 is 8.76. The Bertz CT molecular complexity index is 2420. The van der Waals surface area contributed by atoms with Gasteiger partial charge in [0.15, 0.2) is 5.58 Å². The maximum atomic E-state index is 6.46. The number of nitrogens with one attached hydrogen (secondary N) is 1. The molecule has 1 unspecified atom stereocenters. The third-order valence-corrected chi connectivity index (χ3v) is 8.69. The number of fused-ring (bicyclic) bond motifs is 5. The molecule has 1 N–H and O–H groups in total. The highest BCUT2D eigenvalue weighted by Crippen LogP contribution is 2.38. The fourth-order valence-electron chi connectivity index (χ4n) is 6.48. The van der Waals surface area contributed by atoms with Crippen molar-refractivity contribution in [3.63, 3.8) is 0 Å². The Labute approximate surface area is 265 Å². The summed E-state index contributed by atoms with van der Waals surface area (Å²) in [5, 5.41) is 5.88. The summed E-state index contributed by atoms with van der Waals surface area (Å²) >= 11 is 0. The molecule has 1 aliphatic heterocycles. The summed E-state index contributed by atoms with van der Waals surface area (Å²) in [6.45, 7) is 0. The van der Waals surface area contributed by atoms with Gasteiger partial charge in [0.1, 0.15) is 11.4 Å². The van der Waals surface area contributed by atoms with Gasteiger partial charge in [0.2, 0.25) is 5.89 Å². The molecule has 1 atom stereocenters. The number of hydrogen-bond donors (Lipinski definition) is 1. The van der Waals surface area contributed by atoms with E-state index in [-0.39, 0.29) is 6.04 Å². The lowest BCUT2D eigenvalue weighted by molar-refractivity contribution is 0.623. The first-order valence-corrected chi connectivity index (χ1v) is 15.5. The van der Waals surface area contributed by atoms with Crippen LogP contribution >= 0.6 is 0 Å². The maximum absolute atomic E-state index is 6.46. The van der Waals surface area contributed by atoms with Crippen molar-refractivity contribution in [1.29, 1.82) is 0 Å². The van der Waals surface area contributed by atoms with E-state index in [0.29, 0.717) is 5.89 Å². The van der Waals surface area contributed by atoms with Crippen molar-refractivity contribution in [2.24, 2.45) is 4.99 Å². The first-order chi connectivity index (χ1) is 22.8. The molecule has 0 aliphatic carbocycles. The predicted octanol–water partition coefficient (Wildman–Crippen LogP) is 9.72. The molecule has 0 amide bonds. The second-order valence-corrected chi connectivity index (χ2v) is 11.5. The Balaban J connectivity index is 1.15. The van der Waals surface area contributed by atoms with Crippen molar-refractivity contribution >= 4 is 44.4 Å². The average molecular weight is 593 g/mol. The maximum Gasteiger partial charge on any atom is 0.227 e. The highest BCUT2D eigenvalue weighted by atomic mass is 16.3. The van der Waals surface area contributed by atoms with Gasteiger partial charge in [0.05, 0.1) is 28.2 Å². The van der Waals surface area contributed by atoms with Crippen LogP contribution in [0.1, 0.15) is 22.7 Å². The van der Waals surface area contributed by atoms with Crippen molar-refractivity contribution in [1.82, 2.24) is 14.9 Å². The Morgan fingerprint density at radius 2 is 1.26 bits per heavy atom. The lowest BCUT2D eigenvalue weighted by Gasteiger charge is -2.24. The highest BCUT2D eigenvalue weighted by Gasteiger charge is 2.21. The molecule has 46 heavy (non-hydrogen) atoms. The molecule has 0 spiro atoms. The summed E-state index contributed by atoms with van der Waals surface area (Å²) in [6.07, 6.45) is 2.20. The fraction of sp³-hybridized carbons (Fsp3) is 0.0244. The monoisotopic (exact) mass is 592 g/mol. The number of aromatic nitrogens is 2. The summed E-state index contributed by atoms with van der Waals surface area (Å²) in [5.41, 5.74) is 10.1. The largest absolute Gasteiger partial charge is 0.435 e. The van der Waals surface area contributed by atoms with E-state index in [2.05, 4.69) is 125 Å². The SMILES string of the molecule is C1=C(c2ccccc2)N=C(c2ccc(-n3c4ccccc4c4c5oc(-c6ccccc6)nc5ccc43)cc2)NC1c1ccccc1. The number of nitrogens with zero attached hydrogens (tertiary/aromatic N) is 3. The Morgan fingerprint density at radius 3 is 2.02 bits per heavy atom. The van der Waals surface area contributed by atoms with Crippen molar-refractivity contribution < 1.29 is 4.42 Å². The van der Waals surface area contributed by atoms with Crippen LogP contribution in [0.3, 0.4) is 0 Å². The van der Waals surface area contributed by atoms with E-state index in [9.17, 15) is 0 Å². The molecule has 0 fully saturated rings. The van der Waals surface area contributed by atoms with Gasteiger partial charge < -0.3 is 14.3 Å². The van der Waals surface area contributed by atoms with Gasteiger partial charge in [-0.1, -0.05) is 97.1 Å². The first kappa shape index (κ1) is 26.2. The second-order valence-electron chi connectivity index (χ2n) is 11.5. The third-order valence-electron chi connectivity index (χ3n) is 8.69. The van der Waals surface area contributed by atoms with Crippen LogP contribution in [0.2, 0.25) is 0 Å². The van der Waals surface area contributed by atoms with Gasteiger partial charge in [0.25, 0.3) is 0 Å². The minimum absolute atomic E-state index is 0.00556. The van der Waals surface area contributed by atoms with E-state index >= 15 is 0 Å². The minimum Gasteiger partial charge on any atom is -0.435 e. The number of aliphatic imine (C=N–C) groups is 1. The highest BCUT2D eigenvalue weighted by molar-refractivity contribution is 6.19. The van der Waals surface area contributed by atoms with Crippen molar-refractivity contribution in [2.45, 2.75) is 6.04 Å². The van der Waals surface area contributed by atoms with Gasteiger partial charge >= 0.3 is 0 Å². The standard InChI is InChI=1S/C41H28N4O/c1-4-12-27(13-5-1)34-26-35(28-14-6-2-7-15-28)43-40(42-34)29-20-22-31(23-21-29)45-36-19-11-10-18-32(36)38-37(45)25-24-33-39(38)46-41(44-33)30-16-8-3-9-17-30/h1-26,34H,(H,42,43). The summed E-state index contributed by atoms with van der Waals surface area (Å²) in [4.78, 5) is 9.93. The fourth-order valence-corrected chi connectivity index (χ4v) is 6.48. The zero-order valence-corrected chi connectivity index (χ0v) is 24.8. The van der Waals surface area contributed by atoms with Crippen LogP contribution in [0, 0.1) is 0 Å². The number of benzene rings is 6. The average Bonchev–Trinajstić information content (AvgIpc) is 3.72. The van der Waals surface area contributed by atoms with Crippen LogP contribution in [-0.2, 0) is 0 Å². The second kappa shape index (κ2) is 10.8. The topological polar surface area (TPSA) is 55.4 Å². The molecule has 0 saturated heterocycles. The molecule has 0 bridgehead atoms. The van der Waals surface area contributed by atoms with E-state index in [0.717, 1.165) is 66.8 Å². The molecule has 5 heteroatoms. The number of rotatable bonds is 5. The minimum atomic E-state index is 0.00556. The zero-order chi connectivity index (χ0) is 30.5. The predicted molar refractivity (Wildman–Crippen MR) is 187 cm³/mol. The van der Waals surface area contributed by atoms with E-state index in [1.807, 2.05) is 42.5 Å². The molecule has 9 rings (SSSR count). The van der Waals surface area contributed by atoms with E-state index in [4.69, 9.17) is 14.4 Å². The molecule has 0 saturated carbocycles. The number of hydrogen-bond acceptors (Lipinski definition) is 4. The number of para-hydroxylation sites is 1. The third kappa shape index (κ3) is 4.41. The van der Waals surface area contributed by atoms with Crippen molar-refractivity contribution in [2.75, 3.05) is 0 Å². The van der Waals surface area contributed by atoms with Crippen LogP contribution < -0.4 is 5.32 Å². The number of oxazole rings is 1.